The van der Waals surface area contributed by atoms with Crippen molar-refractivity contribution in [3.05, 3.63) is 30.2 Å². The molecule has 0 saturated heterocycles. The molecule has 0 N–H and O–H groups in total. The third-order valence-electron chi connectivity index (χ3n) is 1.67. The van der Waals surface area contributed by atoms with Crippen LogP contribution < -0.4 is 0 Å². The van der Waals surface area contributed by atoms with E-state index in [1.807, 2.05) is 12.1 Å². The molecular formula is C9H3I2NS. The Balaban J connectivity index is 2.85. The van der Waals surface area contributed by atoms with Gasteiger partial charge in [-0.25, -0.2) is 0 Å². The average molecular weight is 411 g/mol. The van der Waals surface area contributed by atoms with Crippen LogP contribution in [-0.4, -0.2) is 0 Å². The number of hydrogen-bond acceptors (Lipinski definition) is 2. The van der Waals surface area contributed by atoms with Crippen molar-refractivity contribution >= 4 is 66.6 Å². The van der Waals surface area contributed by atoms with Gasteiger partial charge in [-0.2, -0.15) is 5.26 Å². The fourth-order valence-corrected chi connectivity index (χ4v) is 3.89. The number of nitrogens with zero attached hydrogens (tertiary/aromatic N) is 1. The lowest BCUT2D eigenvalue weighted by Gasteiger charge is -1.93. The summed E-state index contributed by atoms with van der Waals surface area (Å²) in [5.74, 6) is 0. The number of hydrogen-bond donors (Lipinski definition) is 0. The van der Waals surface area contributed by atoms with Gasteiger partial charge in [-0.05, 0) is 68.8 Å². The van der Waals surface area contributed by atoms with Crippen molar-refractivity contribution in [2.45, 2.75) is 0 Å². The second-order valence-corrected chi connectivity index (χ2v) is 6.65. The van der Waals surface area contributed by atoms with Crippen molar-refractivity contribution in [3.63, 3.8) is 0 Å². The van der Waals surface area contributed by atoms with Gasteiger partial charge in [-0.1, -0.05) is 0 Å². The largest absolute Gasteiger partial charge is 0.192 e. The Labute approximate surface area is 107 Å². The Bertz CT molecular complexity index is 510. The van der Waals surface area contributed by atoms with Crippen LogP contribution in [-0.2, 0) is 0 Å². The average Bonchev–Trinajstić information content (AvgIpc) is 2.46. The number of benzene rings is 1. The third kappa shape index (κ3) is 1.82. The minimum atomic E-state index is 0.742. The first kappa shape index (κ1) is 9.68. The zero-order valence-corrected chi connectivity index (χ0v) is 11.5. The molecule has 0 spiro atoms. The van der Waals surface area contributed by atoms with E-state index in [-0.39, 0.29) is 0 Å². The lowest BCUT2D eigenvalue weighted by atomic mass is 10.2. The Morgan fingerprint density at radius 2 is 2.00 bits per heavy atom. The highest BCUT2D eigenvalue weighted by molar-refractivity contribution is 14.1. The molecule has 0 unspecified atom stereocenters. The number of nitriles is 1. The highest BCUT2D eigenvalue weighted by Crippen LogP contribution is 2.31. The van der Waals surface area contributed by atoms with Gasteiger partial charge in [0.2, 0.25) is 0 Å². The predicted molar refractivity (Wildman–Crippen MR) is 72.0 cm³/mol. The Morgan fingerprint density at radius 3 is 2.69 bits per heavy atom. The van der Waals surface area contributed by atoms with Crippen LogP contribution in [0.3, 0.4) is 0 Å². The quantitative estimate of drug-likeness (QED) is 0.602. The maximum atomic E-state index is 8.78. The van der Waals surface area contributed by atoms with Crippen LogP contribution in [0.4, 0.5) is 0 Å². The van der Waals surface area contributed by atoms with Crippen LogP contribution >= 0.6 is 56.5 Å². The molecule has 0 fully saturated rings. The number of fused-ring (bicyclic) bond motifs is 1. The van der Waals surface area contributed by atoms with Gasteiger partial charge in [0, 0.05) is 8.27 Å². The SMILES string of the molecule is N#Cc1cc(I)c2sc(I)cc2c1. The van der Waals surface area contributed by atoms with E-state index >= 15 is 0 Å². The molecule has 64 valence electrons. The van der Waals surface area contributed by atoms with Crippen LogP contribution in [0.2, 0.25) is 0 Å². The van der Waals surface area contributed by atoms with E-state index in [0.717, 1.165) is 5.56 Å². The van der Waals surface area contributed by atoms with Crippen molar-refractivity contribution in [2.75, 3.05) is 0 Å². The molecule has 0 aliphatic rings. The first-order valence-electron chi connectivity index (χ1n) is 3.49. The van der Waals surface area contributed by atoms with Crippen molar-refractivity contribution in [3.8, 4) is 6.07 Å². The Kier molecular flexibility index (Phi) is 2.76. The lowest BCUT2D eigenvalue weighted by molar-refractivity contribution is 1.49. The fourth-order valence-electron chi connectivity index (χ4n) is 1.14. The van der Waals surface area contributed by atoms with E-state index in [1.165, 1.54) is 16.5 Å². The van der Waals surface area contributed by atoms with E-state index in [4.69, 9.17) is 5.26 Å². The Morgan fingerprint density at radius 1 is 1.23 bits per heavy atom. The summed E-state index contributed by atoms with van der Waals surface area (Å²) in [7, 11) is 0. The van der Waals surface area contributed by atoms with Crippen LogP contribution in [0, 0.1) is 17.8 Å². The van der Waals surface area contributed by atoms with Gasteiger partial charge >= 0.3 is 0 Å². The molecule has 4 heteroatoms. The predicted octanol–water partition coefficient (Wildman–Crippen LogP) is 3.98. The van der Waals surface area contributed by atoms with Gasteiger partial charge in [0.25, 0.3) is 0 Å². The zero-order chi connectivity index (χ0) is 9.42. The number of thiophene rings is 1. The maximum Gasteiger partial charge on any atom is 0.0992 e. The molecule has 0 saturated carbocycles. The van der Waals surface area contributed by atoms with Crippen LogP contribution in [0.15, 0.2) is 18.2 Å². The molecule has 0 aliphatic heterocycles. The second kappa shape index (κ2) is 3.71. The molecule has 0 aliphatic carbocycles. The van der Waals surface area contributed by atoms with Crippen LogP contribution in [0.5, 0.6) is 0 Å². The van der Waals surface area contributed by atoms with Gasteiger partial charge in [0.05, 0.1) is 14.5 Å². The van der Waals surface area contributed by atoms with Gasteiger partial charge in [0.1, 0.15) is 0 Å². The third-order valence-corrected chi connectivity index (χ3v) is 4.83. The van der Waals surface area contributed by atoms with Crippen molar-refractivity contribution in [1.82, 2.24) is 0 Å². The monoisotopic (exact) mass is 411 g/mol. The van der Waals surface area contributed by atoms with E-state index in [2.05, 4.69) is 57.3 Å². The molecule has 1 aromatic heterocycles. The normalized spacial score (nSPS) is 10.2. The summed E-state index contributed by atoms with van der Waals surface area (Å²) in [5.41, 5.74) is 0.742. The molecule has 0 radical (unpaired) electrons. The maximum absolute atomic E-state index is 8.78. The van der Waals surface area contributed by atoms with Gasteiger partial charge in [-0.15, -0.1) is 11.3 Å². The van der Waals surface area contributed by atoms with E-state index in [9.17, 15) is 0 Å². The molecule has 0 bridgehead atoms. The summed E-state index contributed by atoms with van der Waals surface area (Å²) in [6.45, 7) is 0. The number of halogens is 2. The molecule has 1 nitrogen and oxygen atoms in total. The van der Waals surface area contributed by atoms with Crippen LogP contribution in [0.25, 0.3) is 10.1 Å². The molecule has 0 amide bonds. The summed E-state index contributed by atoms with van der Waals surface area (Å²) in [5, 5.41) is 9.96. The zero-order valence-electron chi connectivity index (χ0n) is 6.34. The topological polar surface area (TPSA) is 23.8 Å². The molecular weight excluding hydrogens is 408 g/mol. The fraction of sp³-hybridized carbons (Fsp3) is 0. The molecule has 0 atom stereocenters. The summed E-state index contributed by atoms with van der Waals surface area (Å²) in [6.07, 6.45) is 0. The molecule has 13 heavy (non-hydrogen) atoms. The van der Waals surface area contributed by atoms with Crippen LogP contribution in [0.1, 0.15) is 5.56 Å². The van der Waals surface area contributed by atoms with E-state index < -0.39 is 0 Å². The first-order chi connectivity index (χ1) is 6.20. The van der Waals surface area contributed by atoms with Gasteiger partial charge < -0.3 is 0 Å². The van der Waals surface area contributed by atoms with Gasteiger partial charge in [0.15, 0.2) is 0 Å². The summed E-state index contributed by atoms with van der Waals surface area (Å²) < 4.78 is 3.71. The Hall–Kier alpha value is 0.130. The summed E-state index contributed by atoms with van der Waals surface area (Å²) in [4.78, 5) is 0. The molecule has 1 aromatic carbocycles. The van der Waals surface area contributed by atoms with E-state index in [0.29, 0.717) is 0 Å². The van der Waals surface area contributed by atoms with E-state index in [1.54, 1.807) is 11.3 Å². The second-order valence-electron chi connectivity index (χ2n) is 2.54. The molecule has 1 heterocycles. The smallest absolute Gasteiger partial charge is 0.0992 e. The highest BCUT2D eigenvalue weighted by Gasteiger charge is 2.05. The molecule has 2 aromatic rings. The highest BCUT2D eigenvalue weighted by atomic mass is 127. The number of rotatable bonds is 0. The lowest BCUT2D eigenvalue weighted by Crippen LogP contribution is -1.76. The van der Waals surface area contributed by atoms with Crippen molar-refractivity contribution < 1.29 is 0 Å². The van der Waals surface area contributed by atoms with Crippen molar-refractivity contribution in [2.24, 2.45) is 0 Å². The minimum Gasteiger partial charge on any atom is -0.192 e. The molecule has 2 rings (SSSR count). The van der Waals surface area contributed by atoms with Crippen molar-refractivity contribution in [1.29, 1.82) is 5.26 Å². The summed E-state index contributed by atoms with van der Waals surface area (Å²) in [6, 6.07) is 8.15. The summed E-state index contributed by atoms with van der Waals surface area (Å²) >= 11 is 6.35. The first-order valence-corrected chi connectivity index (χ1v) is 6.47. The standard InChI is InChI=1S/C9H3I2NS/c10-7-2-5(4-12)1-6-3-8(11)13-9(6)7/h1-3H. The van der Waals surface area contributed by atoms with Gasteiger partial charge in [-0.3, -0.25) is 0 Å². The minimum absolute atomic E-state index is 0.742.